The molecule has 0 aromatic carbocycles. The molecule has 0 saturated carbocycles. The summed E-state index contributed by atoms with van der Waals surface area (Å²) < 4.78 is 0. The predicted molar refractivity (Wildman–Crippen MR) is 71.7 cm³/mol. The topological polar surface area (TPSA) is 17.1 Å². The van der Waals surface area contributed by atoms with Crippen molar-refractivity contribution in [2.75, 3.05) is 0 Å². The quantitative estimate of drug-likeness (QED) is 0.446. The lowest BCUT2D eigenvalue weighted by Gasteiger charge is -2.09. The molecule has 1 heteroatoms. The Bertz CT molecular complexity index is 163. The van der Waals surface area contributed by atoms with Crippen LogP contribution in [0, 0.1) is 5.92 Å². The van der Waals surface area contributed by atoms with Gasteiger partial charge in [-0.05, 0) is 19.3 Å². The van der Waals surface area contributed by atoms with Crippen molar-refractivity contribution in [1.29, 1.82) is 0 Å². The molecule has 0 aromatic heterocycles. The van der Waals surface area contributed by atoms with Crippen molar-refractivity contribution in [3.63, 3.8) is 0 Å². The molecule has 0 aromatic rings. The molecular formula is C15H30O. The molecule has 1 nitrogen and oxygen atoms in total. The maximum atomic E-state index is 10.8. The predicted octanol–water partition coefficient (Wildman–Crippen LogP) is 5.13. The summed E-state index contributed by atoms with van der Waals surface area (Å²) in [5.41, 5.74) is 0. The maximum Gasteiger partial charge on any atom is 0.129 e. The van der Waals surface area contributed by atoms with Crippen molar-refractivity contribution >= 4 is 5.78 Å². The number of carbonyl (C=O) groups is 1. The lowest BCUT2D eigenvalue weighted by Crippen LogP contribution is -1.99. The minimum absolute atomic E-state index is 0.339. The van der Waals surface area contributed by atoms with Crippen molar-refractivity contribution in [1.82, 2.24) is 0 Å². The molecule has 0 saturated heterocycles. The van der Waals surface area contributed by atoms with Crippen molar-refractivity contribution in [2.45, 2.75) is 85.0 Å². The van der Waals surface area contributed by atoms with Crippen LogP contribution in [0.3, 0.4) is 0 Å². The highest BCUT2D eigenvalue weighted by Crippen LogP contribution is 2.16. The van der Waals surface area contributed by atoms with Gasteiger partial charge in [-0.25, -0.2) is 0 Å². The Morgan fingerprint density at radius 3 is 2.06 bits per heavy atom. The normalized spacial score (nSPS) is 12.7. The van der Waals surface area contributed by atoms with Gasteiger partial charge in [0.15, 0.2) is 0 Å². The van der Waals surface area contributed by atoms with Gasteiger partial charge in [0.25, 0.3) is 0 Å². The highest BCUT2D eigenvalue weighted by Gasteiger charge is 2.03. The fraction of sp³-hybridized carbons (Fsp3) is 0.933. The van der Waals surface area contributed by atoms with Gasteiger partial charge in [0.2, 0.25) is 0 Å². The maximum absolute atomic E-state index is 10.8. The van der Waals surface area contributed by atoms with Gasteiger partial charge in [-0.2, -0.15) is 0 Å². The molecule has 0 N–H and O–H groups in total. The first-order valence-corrected chi connectivity index (χ1v) is 7.16. The van der Waals surface area contributed by atoms with E-state index in [0.717, 1.165) is 18.8 Å². The molecule has 0 aliphatic carbocycles. The van der Waals surface area contributed by atoms with Gasteiger partial charge in [-0.1, -0.05) is 65.2 Å². The van der Waals surface area contributed by atoms with Crippen LogP contribution >= 0.6 is 0 Å². The number of rotatable bonds is 11. The summed E-state index contributed by atoms with van der Waals surface area (Å²) in [4.78, 5) is 10.8. The van der Waals surface area contributed by atoms with Gasteiger partial charge < -0.3 is 4.79 Å². The number of Topliss-reactive ketones (excluding diaryl/α,β-unsaturated/α-hetero) is 1. The Balaban J connectivity index is 3.15. The summed E-state index contributed by atoms with van der Waals surface area (Å²) in [6, 6.07) is 0. The third kappa shape index (κ3) is 11.7. The van der Waals surface area contributed by atoms with Crippen LogP contribution in [0.4, 0.5) is 0 Å². The van der Waals surface area contributed by atoms with Crippen LogP contribution in [-0.2, 0) is 4.79 Å². The molecule has 96 valence electrons. The first kappa shape index (κ1) is 15.7. The zero-order chi connectivity index (χ0) is 12.2. The number of unbranched alkanes of at least 4 members (excludes halogenated alkanes) is 6. The zero-order valence-corrected chi connectivity index (χ0v) is 11.6. The lowest BCUT2D eigenvalue weighted by atomic mass is 9.96. The minimum atomic E-state index is 0.339. The molecule has 0 aliphatic heterocycles. The summed E-state index contributed by atoms with van der Waals surface area (Å²) in [7, 11) is 0. The summed E-state index contributed by atoms with van der Waals surface area (Å²) in [6.07, 6.45) is 12.9. The largest absolute Gasteiger partial charge is 0.300 e. The molecule has 0 heterocycles. The van der Waals surface area contributed by atoms with E-state index in [4.69, 9.17) is 0 Å². The Kier molecular flexibility index (Phi) is 10.9. The van der Waals surface area contributed by atoms with Crippen LogP contribution in [0.5, 0.6) is 0 Å². The first-order valence-electron chi connectivity index (χ1n) is 7.16. The highest BCUT2D eigenvalue weighted by atomic mass is 16.1. The molecular weight excluding hydrogens is 196 g/mol. The van der Waals surface area contributed by atoms with Crippen molar-refractivity contribution in [2.24, 2.45) is 5.92 Å². The number of hydrogen-bond donors (Lipinski definition) is 0. The van der Waals surface area contributed by atoms with E-state index in [2.05, 4.69) is 13.8 Å². The second-order valence-electron chi connectivity index (χ2n) is 5.26. The molecule has 0 bridgehead atoms. The summed E-state index contributed by atoms with van der Waals surface area (Å²) in [6.45, 7) is 6.23. The van der Waals surface area contributed by atoms with Gasteiger partial charge in [0.05, 0.1) is 0 Å². The smallest absolute Gasteiger partial charge is 0.129 e. The molecule has 0 radical (unpaired) electrons. The van der Waals surface area contributed by atoms with Crippen LogP contribution in [0.15, 0.2) is 0 Å². The van der Waals surface area contributed by atoms with E-state index in [1.165, 1.54) is 51.4 Å². The molecule has 0 spiro atoms. The third-order valence-electron chi connectivity index (χ3n) is 3.29. The molecule has 1 unspecified atom stereocenters. The third-order valence-corrected chi connectivity index (χ3v) is 3.29. The van der Waals surface area contributed by atoms with Gasteiger partial charge in [0, 0.05) is 6.42 Å². The monoisotopic (exact) mass is 226 g/mol. The van der Waals surface area contributed by atoms with Gasteiger partial charge in [0.1, 0.15) is 5.78 Å². The molecule has 16 heavy (non-hydrogen) atoms. The summed E-state index contributed by atoms with van der Waals surface area (Å²) >= 11 is 0. The molecule has 1 atom stereocenters. The van der Waals surface area contributed by atoms with Crippen molar-refractivity contribution in [3.05, 3.63) is 0 Å². The molecule has 0 amide bonds. The van der Waals surface area contributed by atoms with Crippen LogP contribution in [0.2, 0.25) is 0 Å². The summed E-state index contributed by atoms with van der Waals surface area (Å²) in [5, 5.41) is 0. The van der Waals surface area contributed by atoms with Crippen LogP contribution < -0.4 is 0 Å². The number of ketones is 1. The van der Waals surface area contributed by atoms with E-state index in [1.54, 1.807) is 6.92 Å². The number of hydrogen-bond acceptors (Lipinski definition) is 1. The van der Waals surface area contributed by atoms with E-state index in [-0.39, 0.29) is 0 Å². The Labute approximate surface area is 102 Å². The average Bonchev–Trinajstić information content (AvgIpc) is 2.25. The Morgan fingerprint density at radius 1 is 0.938 bits per heavy atom. The minimum Gasteiger partial charge on any atom is -0.300 e. The molecule has 0 aliphatic rings. The SMILES string of the molecule is CCCCCCCCCC(C)CCC(C)=O. The van der Waals surface area contributed by atoms with Crippen molar-refractivity contribution < 1.29 is 4.79 Å². The van der Waals surface area contributed by atoms with E-state index < -0.39 is 0 Å². The average molecular weight is 226 g/mol. The van der Waals surface area contributed by atoms with Crippen molar-refractivity contribution in [3.8, 4) is 0 Å². The second-order valence-corrected chi connectivity index (χ2v) is 5.26. The molecule has 0 rings (SSSR count). The van der Waals surface area contributed by atoms with Crippen LogP contribution in [0.25, 0.3) is 0 Å². The Hall–Kier alpha value is -0.330. The fourth-order valence-corrected chi connectivity index (χ4v) is 2.04. The standard InChI is InChI=1S/C15H30O/c1-4-5-6-7-8-9-10-11-14(2)12-13-15(3)16/h14H,4-13H2,1-3H3. The van der Waals surface area contributed by atoms with Crippen LogP contribution in [-0.4, -0.2) is 5.78 Å². The lowest BCUT2D eigenvalue weighted by molar-refractivity contribution is -0.117. The fourth-order valence-electron chi connectivity index (χ4n) is 2.04. The van der Waals surface area contributed by atoms with E-state index in [1.807, 2.05) is 0 Å². The molecule has 0 fully saturated rings. The van der Waals surface area contributed by atoms with E-state index >= 15 is 0 Å². The number of carbonyl (C=O) groups excluding carboxylic acids is 1. The highest BCUT2D eigenvalue weighted by molar-refractivity contribution is 5.75. The zero-order valence-electron chi connectivity index (χ0n) is 11.6. The summed E-state index contributed by atoms with van der Waals surface area (Å²) in [5.74, 6) is 1.07. The van der Waals surface area contributed by atoms with Gasteiger partial charge in [-0.15, -0.1) is 0 Å². The van der Waals surface area contributed by atoms with E-state index in [9.17, 15) is 4.79 Å². The first-order chi connectivity index (χ1) is 7.66. The van der Waals surface area contributed by atoms with Gasteiger partial charge >= 0.3 is 0 Å². The van der Waals surface area contributed by atoms with Gasteiger partial charge in [-0.3, -0.25) is 0 Å². The Morgan fingerprint density at radius 2 is 1.50 bits per heavy atom. The second kappa shape index (κ2) is 11.2. The van der Waals surface area contributed by atoms with Crippen LogP contribution in [0.1, 0.15) is 85.0 Å². The van der Waals surface area contributed by atoms with E-state index in [0.29, 0.717) is 5.78 Å².